The summed E-state index contributed by atoms with van der Waals surface area (Å²) in [4.78, 5) is 12.1. The van der Waals surface area contributed by atoms with Gasteiger partial charge in [-0.1, -0.05) is 54.1 Å². The molecule has 3 aromatic rings. The third kappa shape index (κ3) is 5.50. The van der Waals surface area contributed by atoms with Crippen LogP contribution in [-0.4, -0.2) is 17.6 Å². The molecule has 0 heterocycles. The van der Waals surface area contributed by atoms with Crippen molar-refractivity contribution in [1.29, 1.82) is 0 Å². The summed E-state index contributed by atoms with van der Waals surface area (Å²) < 4.78 is 5.76. The molecule has 0 aromatic heterocycles. The quantitative estimate of drug-likeness (QED) is 0.629. The van der Waals surface area contributed by atoms with E-state index in [-0.39, 0.29) is 17.2 Å². The minimum Gasteiger partial charge on any atom is -0.507 e. The number of amides is 1. The zero-order valence-electron chi connectivity index (χ0n) is 14.7. The number of hydrogen-bond donors (Lipinski definition) is 2. The van der Waals surface area contributed by atoms with Crippen LogP contribution in [-0.2, 0) is 13.0 Å². The Morgan fingerprint density at radius 2 is 1.70 bits per heavy atom. The maximum Gasteiger partial charge on any atom is 0.255 e. The molecular formula is C22H20ClNO3. The smallest absolute Gasteiger partial charge is 0.255 e. The lowest BCUT2D eigenvalue weighted by Gasteiger charge is -2.09. The molecule has 5 heteroatoms. The minimum atomic E-state index is -0.349. The van der Waals surface area contributed by atoms with Crippen LogP contribution in [0.2, 0.25) is 5.02 Å². The number of ether oxygens (including phenoxy) is 1. The van der Waals surface area contributed by atoms with Gasteiger partial charge < -0.3 is 15.2 Å². The molecule has 0 radical (unpaired) electrons. The van der Waals surface area contributed by atoms with Gasteiger partial charge in [-0.3, -0.25) is 4.79 Å². The predicted molar refractivity (Wildman–Crippen MR) is 106 cm³/mol. The first-order valence-corrected chi connectivity index (χ1v) is 9.02. The van der Waals surface area contributed by atoms with Crippen LogP contribution < -0.4 is 10.1 Å². The van der Waals surface area contributed by atoms with Gasteiger partial charge in [-0.15, -0.1) is 0 Å². The third-order valence-electron chi connectivity index (χ3n) is 4.07. The molecule has 3 rings (SSSR count). The lowest BCUT2D eigenvalue weighted by Crippen LogP contribution is -2.25. The van der Waals surface area contributed by atoms with Crippen LogP contribution in [0.1, 0.15) is 21.5 Å². The van der Waals surface area contributed by atoms with Gasteiger partial charge in [0.25, 0.3) is 5.91 Å². The summed E-state index contributed by atoms with van der Waals surface area (Å²) >= 11 is 5.87. The van der Waals surface area contributed by atoms with Crippen molar-refractivity contribution in [3.63, 3.8) is 0 Å². The van der Waals surface area contributed by atoms with E-state index in [9.17, 15) is 9.90 Å². The van der Waals surface area contributed by atoms with Gasteiger partial charge in [-0.2, -0.15) is 0 Å². The van der Waals surface area contributed by atoms with Crippen molar-refractivity contribution in [3.8, 4) is 11.5 Å². The number of hydrogen-bond acceptors (Lipinski definition) is 3. The van der Waals surface area contributed by atoms with Gasteiger partial charge in [-0.25, -0.2) is 0 Å². The summed E-state index contributed by atoms with van der Waals surface area (Å²) in [6.45, 7) is 0.981. The van der Waals surface area contributed by atoms with Crippen molar-refractivity contribution in [2.24, 2.45) is 0 Å². The molecule has 0 bridgehead atoms. The van der Waals surface area contributed by atoms with E-state index >= 15 is 0 Å². The highest BCUT2D eigenvalue weighted by Crippen LogP contribution is 2.21. The maximum absolute atomic E-state index is 12.1. The maximum atomic E-state index is 12.1. The van der Waals surface area contributed by atoms with E-state index in [1.54, 1.807) is 0 Å². The number of halogens is 1. The molecule has 0 fully saturated rings. The van der Waals surface area contributed by atoms with Crippen LogP contribution in [0.15, 0.2) is 72.8 Å². The minimum absolute atomic E-state index is 0.0863. The Balaban J connectivity index is 1.47. The van der Waals surface area contributed by atoms with E-state index in [1.807, 2.05) is 54.6 Å². The van der Waals surface area contributed by atoms with E-state index in [4.69, 9.17) is 16.3 Å². The molecule has 0 saturated carbocycles. The fourth-order valence-electron chi connectivity index (χ4n) is 2.60. The number of phenols is 1. The Labute approximate surface area is 163 Å². The molecule has 27 heavy (non-hydrogen) atoms. The Bertz CT molecular complexity index is 895. The van der Waals surface area contributed by atoms with E-state index in [2.05, 4.69) is 5.32 Å². The number of aromatic hydroxyl groups is 1. The summed E-state index contributed by atoms with van der Waals surface area (Å²) in [5.41, 5.74) is 2.37. The van der Waals surface area contributed by atoms with Crippen LogP contribution >= 0.6 is 11.6 Å². The van der Waals surface area contributed by atoms with E-state index in [0.717, 1.165) is 16.9 Å². The molecule has 0 aliphatic rings. The first-order chi connectivity index (χ1) is 13.1. The molecule has 0 unspecified atom stereocenters. The summed E-state index contributed by atoms with van der Waals surface area (Å²) in [6, 6.07) is 22.2. The number of phenolic OH excluding ortho intramolecular Hbond substituents is 1. The lowest BCUT2D eigenvalue weighted by atomic mass is 10.1. The lowest BCUT2D eigenvalue weighted by molar-refractivity contribution is 0.0951. The van der Waals surface area contributed by atoms with Crippen molar-refractivity contribution >= 4 is 17.5 Å². The standard InChI is InChI=1S/C22H20ClNO3/c23-18-8-11-21(25)20(14-18)22(26)24-13-12-16-6-9-19(10-7-16)27-15-17-4-2-1-3-5-17/h1-11,14,25H,12-13,15H2,(H,24,26). The second-order valence-corrected chi connectivity index (χ2v) is 6.52. The second kappa shape index (κ2) is 9.10. The van der Waals surface area contributed by atoms with Gasteiger partial charge in [0.2, 0.25) is 0 Å². The fraction of sp³-hybridized carbons (Fsp3) is 0.136. The Morgan fingerprint density at radius 3 is 2.44 bits per heavy atom. The summed E-state index contributed by atoms with van der Waals surface area (Å²) in [5.74, 6) is 0.366. The SMILES string of the molecule is O=C(NCCc1ccc(OCc2ccccc2)cc1)c1cc(Cl)ccc1O. The molecule has 0 spiro atoms. The molecule has 3 aromatic carbocycles. The normalized spacial score (nSPS) is 10.4. The monoisotopic (exact) mass is 381 g/mol. The van der Waals surface area contributed by atoms with Gasteiger partial charge >= 0.3 is 0 Å². The highest BCUT2D eigenvalue weighted by molar-refractivity contribution is 6.31. The molecular weight excluding hydrogens is 362 g/mol. The third-order valence-corrected chi connectivity index (χ3v) is 4.31. The average molecular weight is 382 g/mol. The first kappa shape index (κ1) is 18.8. The fourth-order valence-corrected chi connectivity index (χ4v) is 2.77. The summed E-state index contributed by atoms with van der Waals surface area (Å²) in [6.07, 6.45) is 0.673. The van der Waals surface area contributed by atoms with Crippen LogP contribution in [0.4, 0.5) is 0 Å². The number of nitrogens with one attached hydrogen (secondary N) is 1. The molecule has 0 aliphatic carbocycles. The van der Waals surface area contributed by atoms with Crippen LogP contribution in [0.3, 0.4) is 0 Å². The number of carbonyl (C=O) groups is 1. The number of benzene rings is 3. The van der Waals surface area contributed by atoms with E-state index < -0.39 is 0 Å². The zero-order valence-corrected chi connectivity index (χ0v) is 15.4. The van der Waals surface area contributed by atoms with E-state index in [1.165, 1.54) is 18.2 Å². The van der Waals surface area contributed by atoms with Gasteiger partial charge in [-0.05, 0) is 47.9 Å². The summed E-state index contributed by atoms with van der Waals surface area (Å²) in [5, 5.41) is 12.9. The topological polar surface area (TPSA) is 58.6 Å². The Hall–Kier alpha value is -2.98. The molecule has 0 aliphatic heterocycles. The molecule has 1 amide bonds. The molecule has 4 nitrogen and oxygen atoms in total. The van der Waals surface area contributed by atoms with Crippen LogP contribution in [0, 0.1) is 0 Å². The van der Waals surface area contributed by atoms with E-state index in [0.29, 0.717) is 24.6 Å². The van der Waals surface area contributed by atoms with Gasteiger partial charge in [0, 0.05) is 11.6 Å². The van der Waals surface area contributed by atoms with Crippen molar-refractivity contribution in [3.05, 3.63) is 94.5 Å². The van der Waals surface area contributed by atoms with Crippen LogP contribution in [0.25, 0.3) is 0 Å². The van der Waals surface area contributed by atoms with Gasteiger partial charge in [0.15, 0.2) is 0 Å². The highest BCUT2D eigenvalue weighted by Gasteiger charge is 2.11. The number of carbonyl (C=O) groups excluding carboxylic acids is 1. The molecule has 2 N–H and O–H groups in total. The number of rotatable bonds is 7. The van der Waals surface area contributed by atoms with Crippen LogP contribution in [0.5, 0.6) is 11.5 Å². The largest absolute Gasteiger partial charge is 0.507 e. The second-order valence-electron chi connectivity index (χ2n) is 6.09. The van der Waals surface area contributed by atoms with Crippen molar-refractivity contribution in [2.45, 2.75) is 13.0 Å². The zero-order chi connectivity index (χ0) is 19.1. The van der Waals surface area contributed by atoms with Gasteiger partial charge in [0.05, 0.1) is 5.56 Å². The van der Waals surface area contributed by atoms with Crippen molar-refractivity contribution in [2.75, 3.05) is 6.54 Å². The molecule has 0 saturated heterocycles. The first-order valence-electron chi connectivity index (χ1n) is 8.64. The summed E-state index contributed by atoms with van der Waals surface area (Å²) in [7, 11) is 0. The predicted octanol–water partition coefficient (Wildman–Crippen LogP) is 4.60. The van der Waals surface area contributed by atoms with Crippen molar-refractivity contribution in [1.82, 2.24) is 5.32 Å². The van der Waals surface area contributed by atoms with Crippen molar-refractivity contribution < 1.29 is 14.6 Å². The Morgan fingerprint density at radius 1 is 0.963 bits per heavy atom. The highest BCUT2D eigenvalue weighted by atomic mass is 35.5. The molecule has 0 atom stereocenters. The average Bonchev–Trinajstić information content (AvgIpc) is 2.70. The molecule has 138 valence electrons. The Kier molecular flexibility index (Phi) is 6.34. The van der Waals surface area contributed by atoms with Gasteiger partial charge in [0.1, 0.15) is 18.1 Å².